The molecule has 1 saturated heterocycles. The van der Waals surface area contributed by atoms with Gasteiger partial charge in [0.1, 0.15) is 11.0 Å². The van der Waals surface area contributed by atoms with Gasteiger partial charge < -0.3 is 24.6 Å². The van der Waals surface area contributed by atoms with Crippen LogP contribution in [0, 0.1) is 5.92 Å². The van der Waals surface area contributed by atoms with Gasteiger partial charge in [-0.05, 0) is 37.0 Å². The van der Waals surface area contributed by atoms with E-state index in [0.29, 0.717) is 54.4 Å². The number of piperazine rings is 1. The second-order valence-electron chi connectivity index (χ2n) is 10.2. The number of aromatic nitrogens is 2. The van der Waals surface area contributed by atoms with Crippen molar-refractivity contribution >= 4 is 41.0 Å². The molecule has 0 bridgehead atoms. The molecule has 0 spiro atoms. The summed E-state index contributed by atoms with van der Waals surface area (Å²) in [6.07, 6.45) is 6.81. The van der Waals surface area contributed by atoms with E-state index >= 15 is 0 Å². The molecule has 1 unspecified atom stereocenters. The minimum atomic E-state index is -0.129. The van der Waals surface area contributed by atoms with Crippen LogP contribution in [0.1, 0.15) is 51.0 Å². The number of hydrogen-bond donors (Lipinski definition) is 1. The lowest BCUT2D eigenvalue weighted by Crippen LogP contribution is -2.54. The zero-order valence-corrected chi connectivity index (χ0v) is 23.2. The Labute approximate surface area is 232 Å². The van der Waals surface area contributed by atoms with Gasteiger partial charge in [0.2, 0.25) is 18.6 Å². The lowest BCUT2D eigenvalue weighted by Gasteiger charge is -2.40. The smallest absolute Gasteiger partial charge is 0.231 e. The van der Waals surface area contributed by atoms with Crippen molar-refractivity contribution in [2.45, 2.75) is 63.2 Å². The van der Waals surface area contributed by atoms with Crippen molar-refractivity contribution in [1.29, 1.82) is 0 Å². The molecular weight excluding hydrogens is 526 g/mol. The summed E-state index contributed by atoms with van der Waals surface area (Å²) in [6.45, 7) is 4.73. The summed E-state index contributed by atoms with van der Waals surface area (Å²) in [6, 6.07) is 7.44. The summed E-state index contributed by atoms with van der Waals surface area (Å²) < 4.78 is 10.7. The van der Waals surface area contributed by atoms with Gasteiger partial charge >= 0.3 is 0 Å². The van der Waals surface area contributed by atoms with Crippen LogP contribution in [0.2, 0.25) is 5.15 Å². The standard InChI is InChI=1S/C27H34ClN5O4S/c1-18-15-32(10-11-33(18)26(35)9-7-19-4-2-3-5-19)24-13-23(28)30-27(31-24)38-16-25(34)29-14-20-6-8-21-22(12-20)37-17-36-21/h6,8,12-13,18-19H,2-5,7,9-11,14-17H2,1H3,(H,29,34). The van der Waals surface area contributed by atoms with Gasteiger partial charge in [0.25, 0.3) is 0 Å². The van der Waals surface area contributed by atoms with E-state index in [1.807, 2.05) is 23.1 Å². The molecule has 1 aliphatic carbocycles. The lowest BCUT2D eigenvalue weighted by atomic mass is 10.0. The number of nitrogens with one attached hydrogen (secondary N) is 1. The van der Waals surface area contributed by atoms with Gasteiger partial charge in [-0.3, -0.25) is 9.59 Å². The molecule has 11 heteroatoms. The van der Waals surface area contributed by atoms with Crippen LogP contribution in [0.4, 0.5) is 5.82 Å². The summed E-state index contributed by atoms with van der Waals surface area (Å²) >= 11 is 7.56. The quantitative estimate of drug-likeness (QED) is 0.276. The van der Waals surface area contributed by atoms with Gasteiger partial charge in [0.05, 0.1) is 5.75 Å². The van der Waals surface area contributed by atoms with E-state index in [1.54, 1.807) is 6.07 Å². The zero-order chi connectivity index (χ0) is 26.5. The first-order chi connectivity index (χ1) is 18.4. The van der Waals surface area contributed by atoms with Crippen LogP contribution in [0.3, 0.4) is 0 Å². The Bertz CT molecular complexity index is 1160. The molecule has 1 atom stereocenters. The molecule has 2 amide bonds. The van der Waals surface area contributed by atoms with Crippen molar-refractivity contribution in [2.24, 2.45) is 5.92 Å². The first kappa shape index (κ1) is 26.9. The number of carbonyl (C=O) groups is 2. The first-order valence-corrected chi connectivity index (χ1v) is 14.7. The first-order valence-electron chi connectivity index (χ1n) is 13.3. The zero-order valence-electron chi connectivity index (χ0n) is 21.7. The Hall–Kier alpha value is -2.72. The molecule has 2 fully saturated rings. The minimum Gasteiger partial charge on any atom is -0.454 e. The van der Waals surface area contributed by atoms with Crippen molar-refractivity contribution in [3.05, 3.63) is 35.0 Å². The third-order valence-electron chi connectivity index (χ3n) is 7.43. The third kappa shape index (κ3) is 6.83. The number of fused-ring (bicyclic) bond motifs is 1. The van der Waals surface area contributed by atoms with E-state index in [4.69, 9.17) is 21.1 Å². The molecule has 204 valence electrons. The summed E-state index contributed by atoms with van der Waals surface area (Å²) in [4.78, 5) is 38.4. The molecule has 2 aliphatic heterocycles. The number of ether oxygens (including phenoxy) is 2. The number of nitrogens with zero attached hydrogens (tertiary/aromatic N) is 4. The summed E-state index contributed by atoms with van der Waals surface area (Å²) in [7, 11) is 0. The largest absolute Gasteiger partial charge is 0.454 e. The van der Waals surface area contributed by atoms with Crippen molar-refractivity contribution in [3.8, 4) is 11.5 Å². The van der Waals surface area contributed by atoms with Gasteiger partial charge in [0, 0.05) is 44.7 Å². The lowest BCUT2D eigenvalue weighted by molar-refractivity contribution is -0.134. The number of benzene rings is 1. The highest BCUT2D eigenvalue weighted by molar-refractivity contribution is 7.99. The van der Waals surface area contributed by atoms with Gasteiger partial charge in [-0.15, -0.1) is 0 Å². The van der Waals surface area contributed by atoms with Crippen LogP contribution in [0.25, 0.3) is 0 Å². The van der Waals surface area contributed by atoms with E-state index in [2.05, 4.69) is 27.1 Å². The minimum absolute atomic E-state index is 0.0895. The monoisotopic (exact) mass is 559 g/mol. The molecule has 1 aromatic carbocycles. The Morgan fingerprint density at radius 1 is 1.13 bits per heavy atom. The Balaban J connectivity index is 1.10. The Kier molecular flexibility index (Phi) is 8.79. The molecule has 1 N–H and O–H groups in total. The number of hydrogen-bond acceptors (Lipinski definition) is 8. The molecule has 1 aromatic heterocycles. The molecule has 2 aromatic rings. The van der Waals surface area contributed by atoms with E-state index in [1.165, 1.54) is 37.4 Å². The topological polar surface area (TPSA) is 96.9 Å². The van der Waals surface area contributed by atoms with Crippen LogP contribution in [-0.2, 0) is 16.1 Å². The second kappa shape index (κ2) is 12.4. The molecule has 9 nitrogen and oxygen atoms in total. The maximum atomic E-state index is 12.9. The molecule has 1 saturated carbocycles. The maximum absolute atomic E-state index is 12.9. The maximum Gasteiger partial charge on any atom is 0.231 e. The molecule has 5 rings (SSSR count). The number of anilines is 1. The summed E-state index contributed by atoms with van der Waals surface area (Å²) in [5, 5.41) is 3.70. The molecule has 3 aliphatic rings. The fourth-order valence-corrected chi connectivity index (χ4v) is 6.26. The molecular formula is C27H34ClN5O4S. The van der Waals surface area contributed by atoms with Crippen molar-refractivity contribution < 1.29 is 19.1 Å². The van der Waals surface area contributed by atoms with Gasteiger partial charge in [-0.2, -0.15) is 0 Å². The fourth-order valence-electron chi connectivity index (χ4n) is 5.35. The number of thioether (sulfide) groups is 1. The van der Waals surface area contributed by atoms with Gasteiger partial charge in [-0.25, -0.2) is 9.97 Å². The normalized spacial score (nSPS) is 19.2. The number of rotatable bonds is 9. The van der Waals surface area contributed by atoms with Crippen LogP contribution in [0.15, 0.2) is 29.4 Å². The third-order valence-corrected chi connectivity index (χ3v) is 8.47. The molecule has 0 radical (unpaired) electrons. The fraction of sp³-hybridized carbons (Fsp3) is 0.556. The highest BCUT2D eigenvalue weighted by Crippen LogP contribution is 2.32. The van der Waals surface area contributed by atoms with Gasteiger partial charge in [-0.1, -0.05) is 55.1 Å². The number of halogens is 1. The predicted molar refractivity (Wildman–Crippen MR) is 147 cm³/mol. The number of carbonyl (C=O) groups excluding carboxylic acids is 2. The van der Waals surface area contributed by atoms with Crippen LogP contribution < -0.4 is 19.7 Å². The number of amides is 2. The van der Waals surface area contributed by atoms with E-state index < -0.39 is 0 Å². The predicted octanol–water partition coefficient (Wildman–Crippen LogP) is 4.27. The van der Waals surface area contributed by atoms with E-state index in [0.717, 1.165) is 23.7 Å². The van der Waals surface area contributed by atoms with E-state index in [-0.39, 0.29) is 30.4 Å². The van der Waals surface area contributed by atoms with E-state index in [9.17, 15) is 9.59 Å². The highest BCUT2D eigenvalue weighted by atomic mass is 35.5. The molecule has 38 heavy (non-hydrogen) atoms. The SMILES string of the molecule is CC1CN(c2cc(Cl)nc(SCC(=O)NCc3ccc4c(c3)OCO4)n2)CCN1C(=O)CCC1CCCC1. The van der Waals surface area contributed by atoms with Crippen LogP contribution >= 0.6 is 23.4 Å². The van der Waals surface area contributed by atoms with Crippen molar-refractivity contribution in [3.63, 3.8) is 0 Å². The average Bonchev–Trinajstić information content (AvgIpc) is 3.61. The van der Waals surface area contributed by atoms with Gasteiger partial charge in [0.15, 0.2) is 16.7 Å². The van der Waals surface area contributed by atoms with Crippen molar-refractivity contribution in [1.82, 2.24) is 20.2 Å². The Morgan fingerprint density at radius 3 is 2.76 bits per heavy atom. The molecule has 3 heterocycles. The average molecular weight is 560 g/mol. The summed E-state index contributed by atoms with van der Waals surface area (Å²) in [5.41, 5.74) is 0.930. The second-order valence-corrected chi connectivity index (χ2v) is 11.5. The van der Waals surface area contributed by atoms with Crippen LogP contribution in [0.5, 0.6) is 11.5 Å². The Morgan fingerprint density at radius 2 is 1.95 bits per heavy atom. The highest BCUT2D eigenvalue weighted by Gasteiger charge is 2.29. The van der Waals surface area contributed by atoms with Crippen LogP contribution in [-0.4, -0.2) is 64.9 Å². The van der Waals surface area contributed by atoms with Crippen molar-refractivity contribution in [2.75, 3.05) is 37.1 Å². The summed E-state index contributed by atoms with van der Waals surface area (Å²) in [5.74, 6) is 3.15.